The Bertz CT molecular complexity index is 408. The van der Waals surface area contributed by atoms with Crippen molar-refractivity contribution < 1.29 is 13.6 Å². The molecule has 0 N–H and O–H groups in total. The lowest BCUT2D eigenvalue weighted by atomic mass is 10.0. The van der Waals surface area contributed by atoms with Gasteiger partial charge in [-0.25, -0.2) is 8.78 Å². The quantitative estimate of drug-likeness (QED) is 0.536. The lowest BCUT2D eigenvalue weighted by Gasteiger charge is -2.06. The SMILES string of the molecule is O=C(CCCBr)CCc1c(F)ccc(Br)c1F. The molecular weight excluding hydrogens is 358 g/mol. The average Bonchev–Trinajstić information content (AvgIpc) is 2.31. The van der Waals surface area contributed by atoms with Gasteiger partial charge in [0.2, 0.25) is 0 Å². The van der Waals surface area contributed by atoms with Crippen LogP contribution in [-0.4, -0.2) is 11.1 Å². The van der Waals surface area contributed by atoms with E-state index >= 15 is 0 Å². The molecule has 0 unspecified atom stereocenters. The fourth-order valence-electron chi connectivity index (χ4n) is 1.45. The van der Waals surface area contributed by atoms with Crippen LogP contribution in [0.3, 0.4) is 0 Å². The summed E-state index contributed by atoms with van der Waals surface area (Å²) >= 11 is 6.22. The zero-order chi connectivity index (χ0) is 12.8. The van der Waals surface area contributed by atoms with Gasteiger partial charge in [-0.15, -0.1) is 0 Å². The lowest BCUT2D eigenvalue weighted by molar-refractivity contribution is -0.119. The molecule has 1 nitrogen and oxygen atoms in total. The molecule has 0 aliphatic heterocycles. The van der Waals surface area contributed by atoms with E-state index in [2.05, 4.69) is 31.9 Å². The fourth-order valence-corrected chi connectivity index (χ4v) is 2.10. The van der Waals surface area contributed by atoms with E-state index in [1.54, 1.807) is 0 Å². The van der Waals surface area contributed by atoms with Gasteiger partial charge in [-0.2, -0.15) is 0 Å². The molecule has 0 atom stereocenters. The normalized spacial score (nSPS) is 10.6. The number of benzene rings is 1. The molecule has 0 fully saturated rings. The molecule has 0 heterocycles. The fraction of sp³-hybridized carbons (Fsp3) is 0.417. The van der Waals surface area contributed by atoms with E-state index in [-0.39, 0.29) is 28.7 Å². The molecule has 0 aromatic heterocycles. The topological polar surface area (TPSA) is 17.1 Å². The van der Waals surface area contributed by atoms with Crippen molar-refractivity contribution in [2.45, 2.75) is 25.7 Å². The van der Waals surface area contributed by atoms with Crippen LogP contribution in [0.25, 0.3) is 0 Å². The zero-order valence-corrected chi connectivity index (χ0v) is 12.3. The van der Waals surface area contributed by atoms with Crippen LogP contribution in [0.15, 0.2) is 16.6 Å². The molecule has 1 rings (SSSR count). The molecule has 17 heavy (non-hydrogen) atoms. The Morgan fingerprint density at radius 1 is 1.24 bits per heavy atom. The first kappa shape index (κ1) is 14.8. The summed E-state index contributed by atoms with van der Waals surface area (Å²) in [5, 5.41) is 0.762. The monoisotopic (exact) mass is 368 g/mol. The van der Waals surface area contributed by atoms with E-state index < -0.39 is 11.6 Å². The predicted molar refractivity (Wildman–Crippen MR) is 70.4 cm³/mol. The molecule has 1 aromatic rings. The summed E-state index contributed by atoms with van der Waals surface area (Å²) < 4.78 is 27.1. The summed E-state index contributed by atoms with van der Waals surface area (Å²) in [5.41, 5.74) is -0.0217. The van der Waals surface area contributed by atoms with Crippen LogP contribution in [0, 0.1) is 11.6 Å². The average molecular weight is 370 g/mol. The third kappa shape index (κ3) is 4.47. The Kier molecular flexibility index (Phi) is 6.27. The number of carbonyl (C=O) groups excluding carboxylic acids is 1. The second-order valence-corrected chi connectivity index (χ2v) is 5.30. The molecule has 0 radical (unpaired) electrons. The highest BCUT2D eigenvalue weighted by atomic mass is 79.9. The summed E-state index contributed by atoms with van der Waals surface area (Å²) in [4.78, 5) is 11.4. The second kappa shape index (κ2) is 7.21. The molecule has 1 aromatic carbocycles. The van der Waals surface area contributed by atoms with E-state index in [4.69, 9.17) is 0 Å². The number of hydrogen-bond donors (Lipinski definition) is 0. The maximum absolute atomic E-state index is 13.6. The van der Waals surface area contributed by atoms with Gasteiger partial charge >= 0.3 is 0 Å². The standard InChI is InChI=1S/C12H12Br2F2O/c13-7-1-2-8(17)3-4-9-11(15)6-5-10(14)12(9)16/h5-6H,1-4,7H2. The minimum atomic E-state index is -0.613. The number of halogens is 4. The number of carbonyl (C=O) groups is 1. The Morgan fingerprint density at radius 2 is 1.94 bits per heavy atom. The number of Topliss-reactive ketones (excluding diaryl/α,β-unsaturated/α-hetero) is 1. The van der Waals surface area contributed by atoms with Gasteiger partial charge in [0.1, 0.15) is 17.4 Å². The summed E-state index contributed by atoms with van der Waals surface area (Å²) in [6.45, 7) is 0. The Hall–Kier alpha value is -0.290. The molecule has 0 aliphatic rings. The first-order chi connectivity index (χ1) is 8.06. The van der Waals surface area contributed by atoms with Gasteiger partial charge in [0.05, 0.1) is 4.47 Å². The molecule has 0 aliphatic carbocycles. The van der Waals surface area contributed by atoms with Crippen LogP contribution in [0.4, 0.5) is 8.78 Å². The molecule has 0 spiro atoms. The molecule has 0 saturated heterocycles. The molecule has 5 heteroatoms. The Balaban J connectivity index is 2.63. The van der Waals surface area contributed by atoms with Crippen LogP contribution in [-0.2, 0) is 11.2 Å². The van der Waals surface area contributed by atoms with Crippen LogP contribution >= 0.6 is 31.9 Å². The van der Waals surface area contributed by atoms with Crippen molar-refractivity contribution in [3.05, 3.63) is 33.8 Å². The van der Waals surface area contributed by atoms with E-state index in [0.717, 1.165) is 11.8 Å². The summed E-state index contributed by atoms with van der Waals surface area (Å²) in [6, 6.07) is 2.52. The summed E-state index contributed by atoms with van der Waals surface area (Å²) in [6.07, 6.45) is 1.49. The highest BCUT2D eigenvalue weighted by Gasteiger charge is 2.13. The van der Waals surface area contributed by atoms with Crippen LogP contribution in [0.5, 0.6) is 0 Å². The molecule has 0 amide bonds. The zero-order valence-electron chi connectivity index (χ0n) is 9.11. The minimum Gasteiger partial charge on any atom is -0.300 e. The van der Waals surface area contributed by atoms with Gasteiger partial charge in [0, 0.05) is 23.7 Å². The molecule has 0 bridgehead atoms. The van der Waals surface area contributed by atoms with Crippen molar-refractivity contribution in [1.29, 1.82) is 0 Å². The van der Waals surface area contributed by atoms with Crippen molar-refractivity contribution in [2.75, 3.05) is 5.33 Å². The van der Waals surface area contributed by atoms with Gasteiger partial charge < -0.3 is 0 Å². The predicted octanol–water partition coefficient (Wildman–Crippen LogP) is 4.40. The highest BCUT2D eigenvalue weighted by molar-refractivity contribution is 9.10. The third-order valence-corrected chi connectivity index (χ3v) is 3.56. The maximum Gasteiger partial charge on any atom is 0.143 e. The first-order valence-corrected chi connectivity index (χ1v) is 7.17. The third-order valence-electron chi connectivity index (χ3n) is 2.38. The highest BCUT2D eigenvalue weighted by Crippen LogP contribution is 2.22. The van der Waals surface area contributed by atoms with E-state index in [1.165, 1.54) is 12.1 Å². The molecular formula is C12H12Br2F2O. The molecule has 0 saturated carbocycles. The van der Waals surface area contributed by atoms with Gasteiger partial charge in [0.15, 0.2) is 0 Å². The van der Waals surface area contributed by atoms with Crippen molar-refractivity contribution in [1.82, 2.24) is 0 Å². The van der Waals surface area contributed by atoms with Crippen molar-refractivity contribution >= 4 is 37.6 Å². The van der Waals surface area contributed by atoms with Crippen molar-refractivity contribution in [2.24, 2.45) is 0 Å². The largest absolute Gasteiger partial charge is 0.300 e. The van der Waals surface area contributed by atoms with E-state index in [9.17, 15) is 13.6 Å². The van der Waals surface area contributed by atoms with Crippen molar-refractivity contribution in [3.63, 3.8) is 0 Å². The van der Waals surface area contributed by atoms with Gasteiger partial charge in [-0.1, -0.05) is 15.9 Å². The maximum atomic E-state index is 13.6. The van der Waals surface area contributed by atoms with Crippen LogP contribution in [0.1, 0.15) is 24.8 Å². The van der Waals surface area contributed by atoms with Gasteiger partial charge in [-0.3, -0.25) is 4.79 Å². The smallest absolute Gasteiger partial charge is 0.143 e. The summed E-state index contributed by atoms with van der Waals surface area (Å²) in [5.74, 6) is -1.18. The van der Waals surface area contributed by atoms with Gasteiger partial charge in [-0.05, 0) is 40.9 Å². The molecule has 94 valence electrons. The number of alkyl halides is 1. The number of ketones is 1. The second-order valence-electron chi connectivity index (χ2n) is 3.65. The lowest BCUT2D eigenvalue weighted by Crippen LogP contribution is -2.04. The van der Waals surface area contributed by atoms with E-state index in [0.29, 0.717) is 6.42 Å². The Morgan fingerprint density at radius 3 is 2.59 bits per heavy atom. The Labute approximate surface area is 116 Å². The van der Waals surface area contributed by atoms with E-state index in [1.807, 2.05) is 0 Å². The van der Waals surface area contributed by atoms with Crippen LogP contribution < -0.4 is 0 Å². The number of rotatable bonds is 6. The minimum absolute atomic E-state index is 0.0217. The first-order valence-electron chi connectivity index (χ1n) is 5.26. The summed E-state index contributed by atoms with van der Waals surface area (Å²) in [7, 11) is 0. The number of hydrogen-bond acceptors (Lipinski definition) is 1. The van der Waals surface area contributed by atoms with Crippen molar-refractivity contribution in [3.8, 4) is 0 Å². The van der Waals surface area contributed by atoms with Gasteiger partial charge in [0.25, 0.3) is 0 Å². The van der Waals surface area contributed by atoms with Crippen LogP contribution in [0.2, 0.25) is 0 Å².